The maximum atomic E-state index is 11.4. The molecule has 0 atom stereocenters. The second-order valence-corrected chi connectivity index (χ2v) is 6.01. The number of rotatable bonds is 3. The van der Waals surface area contributed by atoms with Crippen molar-refractivity contribution in [3.05, 3.63) is 15.5 Å². The third-order valence-corrected chi connectivity index (χ3v) is 4.80. The average molecular weight is 274 g/mol. The quantitative estimate of drug-likeness (QED) is 0.868. The zero-order valence-electron chi connectivity index (χ0n) is 9.75. The summed E-state index contributed by atoms with van der Waals surface area (Å²) in [5.41, 5.74) is 1.24. The van der Waals surface area contributed by atoms with Gasteiger partial charge in [0.2, 0.25) is 0 Å². The van der Waals surface area contributed by atoms with Crippen LogP contribution in [0.2, 0.25) is 4.34 Å². The molecule has 0 bridgehead atoms. The SMILES string of the molecule is CNc1sc(Cl)c(C2CCCCC2)c1C(=O)O. The van der Waals surface area contributed by atoms with Crippen molar-refractivity contribution in [1.82, 2.24) is 0 Å². The van der Waals surface area contributed by atoms with Gasteiger partial charge in [-0.15, -0.1) is 11.3 Å². The van der Waals surface area contributed by atoms with E-state index in [1.54, 1.807) is 7.05 Å². The predicted molar refractivity (Wildman–Crippen MR) is 71.7 cm³/mol. The number of anilines is 1. The van der Waals surface area contributed by atoms with E-state index in [0.717, 1.165) is 18.4 Å². The van der Waals surface area contributed by atoms with Crippen molar-refractivity contribution in [1.29, 1.82) is 0 Å². The van der Waals surface area contributed by atoms with Crippen LogP contribution in [0.3, 0.4) is 0 Å². The van der Waals surface area contributed by atoms with Gasteiger partial charge < -0.3 is 10.4 Å². The Bertz CT molecular complexity index is 424. The Balaban J connectivity index is 2.43. The Morgan fingerprint density at radius 2 is 2.06 bits per heavy atom. The molecule has 0 aromatic carbocycles. The minimum Gasteiger partial charge on any atom is -0.478 e. The molecule has 1 aliphatic rings. The van der Waals surface area contributed by atoms with Crippen LogP contribution in [-0.4, -0.2) is 18.1 Å². The van der Waals surface area contributed by atoms with E-state index in [4.69, 9.17) is 11.6 Å². The number of carboxylic acids is 1. The molecule has 1 saturated carbocycles. The van der Waals surface area contributed by atoms with Crippen molar-refractivity contribution in [3.63, 3.8) is 0 Å². The first-order chi connectivity index (χ1) is 8.15. The van der Waals surface area contributed by atoms with Gasteiger partial charge in [-0.2, -0.15) is 0 Å². The molecule has 1 fully saturated rings. The summed E-state index contributed by atoms with van der Waals surface area (Å²) < 4.78 is 0.638. The molecule has 2 rings (SSSR count). The summed E-state index contributed by atoms with van der Waals surface area (Å²) in [6.45, 7) is 0. The standard InChI is InChI=1S/C12H16ClNO2S/c1-14-11-9(12(15)16)8(10(13)17-11)7-5-3-2-4-6-7/h7,14H,2-6H2,1H3,(H,15,16). The average Bonchev–Trinajstić information content (AvgIpc) is 2.67. The van der Waals surface area contributed by atoms with Crippen LogP contribution in [0, 0.1) is 0 Å². The lowest BCUT2D eigenvalue weighted by molar-refractivity contribution is 0.0696. The monoisotopic (exact) mass is 273 g/mol. The topological polar surface area (TPSA) is 49.3 Å². The fraction of sp³-hybridized carbons (Fsp3) is 0.583. The molecule has 94 valence electrons. The zero-order chi connectivity index (χ0) is 12.4. The largest absolute Gasteiger partial charge is 0.478 e. The summed E-state index contributed by atoms with van der Waals surface area (Å²) in [5.74, 6) is -0.557. The molecule has 0 aliphatic heterocycles. The van der Waals surface area contributed by atoms with E-state index in [1.807, 2.05) is 0 Å². The van der Waals surface area contributed by atoms with Crippen LogP contribution in [0.1, 0.15) is 53.9 Å². The number of carboxylic acid groups (broad SMARTS) is 1. The summed E-state index contributed by atoms with van der Waals surface area (Å²) in [6.07, 6.45) is 5.70. The van der Waals surface area contributed by atoms with Gasteiger partial charge in [0.15, 0.2) is 0 Å². The molecule has 2 N–H and O–H groups in total. The fourth-order valence-electron chi connectivity index (χ4n) is 2.56. The molecule has 0 saturated heterocycles. The van der Waals surface area contributed by atoms with Crippen molar-refractivity contribution in [2.75, 3.05) is 12.4 Å². The maximum absolute atomic E-state index is 11.4. The van der Waals surface area contributed by atoms with E-state index in [-0.39, 0.29) is 0 Å². The molecular weight excluding hydrogens is 258 g/mol. The van der Waals surface area contributed by atoms with Gasteiger partial charge in [0, 0.05) is 12.6 Å². The molecule has 1 aliphatic carbocycles. The molecule has 0 amide bonds. The molecular formula is C12H16ClNO2S. The van der Waals surface area contributed by atoms with Crippen molar-refractivity contribution >= 4 is 33.9 Å². The predicted octanol–water partition coefficient (Wildman–Crippen LogP) is 4.19. The molecule has 0 spiro atoms. The summed E-state index contributed by atoms with van der Waals surface area (Å²) in [5, 5.41) is 12.9. The van der Waals surface area contributed by atoms with Gasteiger partial charge in [-0.25, -0.2) is 4.79 Å². The van der Waals surface area contributed by atoms with Gasteiger partial charge in [-0.3, -0.25) is 0 Å². The van der Waals surface area contributed by atoms with Crippen LogP contribution in [0.5, 0.6) is 0 Å². The fourth-order valence-corrected chi connectivity index (χ4v) is 4.00. The summed E-state index contributed by atoms with van der Waals surface area (Å²) in [7, 11) is 1.74. The van der Waals surface area contributed by atoms with E-state index >= 15 is 0 Å². The van der Waals surface area contributed by atoms with Gasteiger partial charge in [-0.1, -0.05) is 30.9 Å². The third-order valence-electron chi connectivity index (χ3n) is 3.35. The molecule has 1 heterocycles. The molecule has 0 unspecified atom stereocenters. The highest BCUT2D eigenvalue weighted by molar-refractivity contribution is 7.20. The lowest BCUT2D eigenvalue weighted by atomic mass is 9.83. The van der Waals surface area contributed by atoms with E-state index in [2.05, 4.69) is 5.32 Å². The summed E-state index contributed by atoms with van der Waals surface area (Å²) in [4.78, 5) is 11.4. The second-order valence-electron chi connectivity index (χ2n) is 4.38. The van der Waals surface area contributed by atoms with Gasteiger partial charge >= 0.3 is 5.97 Å². The smallest absolute Gasteiger partial charge is 0.339 e. The number of hydrogen-bond acceptors (Lipinski definition) is 3. The molecule has 1 aromatic rings. The van der Waals surface area contributed by atoms with Crippen molar-refractivity contribution in [3.8, 4) is 0 Å². The van der Waals surface area contributed by atoms with E-state index in [0.29, 0.717) is 20.8 Å². The third kappa shape index (κ3) is 2.43. The number of nitrogens with one attached hydrogen (secondary N) is 1. The molecule has 17 heavy (non-hydrogen) atoms. The van der Waals surface area contributed by atoms with Crippen LogP contribution < -0.4 is 5.32 Å². The summed E-state index contributed by atoms with van der Waals surface area (Å²) >= 11 is 7.56. The van der Waals surface area contributed by atoms with Gasteiger partial charge in [0.1, 0.15) is 5.00 Å². The number of halogens is 1. The first kappa shape index (κ1) is 12.7. The van der Waals surface area contributed by atoms with E-state index in [1.165, 1.54) is 30.6 Å². The Morgan fingerprint density at radius 3 is 2.59 bits per heavy atom. The minimum atomic E-state index is -0.877. The first-order valence-corrected chi connectivity index (χ1v) is 7.07. The molecule has 5 heteroatoms. The maximum Gasteiger partial charge on any atom is 0.339 e. The van der Waals surface area contributed by atoms with Crippen LogP contribution in [0.25, 0.3) is 0 Å². The Labute approximate surface area is 110 Å². The molecule has 0 radical (unpaired) electrons. The Hall–Kier alpha value is -0.740. The van der Waals surface area contributed by atoms with E-state index in [9.17, 15) is 9.90 Å². The highest BCUT2D eigenvalue weighted by Crippen LogP contribution is 2.45. The highest BCUT2D eigenvalue weighted by atomic mass is 35.5. The number of aromatic carboxylic acids is 1. The van der Waals surface area contributed by atoms with Crippen LogP contribution in [0.15, 0.2) is 0 Å². The Morgan fingerprint density at radius 1 is 1.41 bits per heavy atom. The minimum absolute atomic E-state index is 0.320. The van der Waals surface area contributed by atoms with Gasteiger partial charge in [-0.05, 0) is 18.8 Å². The second kappa shape index (κ2) is 5.27. The van der Waals surface area contributed by atoms with Crippen molar-refractivity contribution in [2.45, 2.75) is 38.0 Å². The van der Waals surface area contributed by atoms with E-state index < -0.39 is 5.97 Å². The zero-order valence-corrected chi connectivity index (χ0v) is 11.3. The normalized spacial score (nSPS) is 17.1. The lowest BCUT2D eigenvalue weighted by Crippen LogP contribution is -2.10. The molecule has 3 nitrogen and oxygen atoms in total. The summed E-state index contributed by atoms with van der Waals surface area (Å²) in [6, 6.07) is 0. The molecule has 1 aromatic heterocycles. The van der Waals surface area contributed by atoms with Gasteiger partial charge in [0.25, 0.3) is 0 Å². The van der Waals surface area contributed by atoms with Gasteiger partial charge in [0.05, 0.1) is 9.90 Å². The van der Waals surface area contributed by atoms with Crippen LogP contribution in [0.4, 0.5) is 5.00 Å². The lowest BCUT2D eigenvalue weighted by Gasteiger charge is -2.22. The van der Waals surface area contributed by atoms with Crippen molar-refractivity contribution < 1.29 is 9.90 Å². The number of thiophene rings is 1. The van der Waals surface area contributed by atoms with Crippen molar-refractivity contribution in [2.24, 2.45) is 0 Å². The number of carbonyl (C=O) groups is 1. The number of hydrogen-bond donors (Lipinski definition) is 2. The van der Waals surface area contributed by atoms with Crippen LogP contribution in [-0.2, 0) is 0 Å². The Kier molecular flexibility index (Phi) is 3.94. The van der Waals surface area contributed by atoms with Crippen LogP contribution >= 0.6 is 22.9 Å². The highest BCUT2D eigenvalue weighted by Gasteiger charge is 2.28. The first-order valence-electron chi connectivity index (χ1n) is 5.88.